The number of carbonyl (C=O) groups is 1. The molecule has 1 saturated heterocycles. The summed E-state index contributed by atoms with van der Waals surface area (Å²) in [7, 11) is 0. The molecule has 2 rings (SSSR count). The van der Waals surface area contributed by atoms with Gasteiger partial charge < -0.3 is 21.1 Å². The van der Waals surface area contributed by atoms with E-state index in [1.807, 2.05) is 13.8 Å². The van der Waals surface area contributed by atoms with Crippen molar-refractivity contribution in [2.75, 3.05) is 23.7 Å². The van der Waals surface area contributed by atoms with Gasteiger partial charge in [-0.25, -0.2) is 0 Å². The second-order valence-electron chi connectivity index (χ2n) is 5.35. The molecule has 2 heterocycles. The van der Waals surface area contributed by atoms with Gasteiger partial charge in [0, 0.05) is 13.1 Å². The molecule has 1 aliphatic rings. The van der Waals surface area contributed by atoms with Crippen LogP contribution in [0.3, 0.4) is 0 Å². The van der Waals surface area contributed by atoms with Crippen LogP contribution >= 0.6 is 11.3 Å². The summed E-state index contributed by atoms with van der Waals surface area (Å²) in [5, 5.41) is 0.935. The van der Waals surface area contributed by atoms with E-state index in [0.29, 0.717) is 22.2 Å². The smallest absolute Gasteiger partial charge is 0.261 e. The van der Waals surface area contributed by atoms with Gasteiger partial charge in [0.2, 0.25) is 0 Å². The highest BCUT2D eigenvalue weighted by molar-refractivity contribution is 7.19. The predicted octanol–water partition coefficient (Wildman–Crippen LogP) is 2.06. The van der Waals surface area contributed by atoms with Gasteiger partial charge in [0.15, 0.2) is 5.75 Å². The second kappa shape index (κ2) is 5.28. The van der Waals surface area contributed by atoms with Crippen LogP contribution in [0.25, 0.3) is 0 Å². The van der Waals surface area contributed by atoms with E-state index in [0.717, 1.165) is 24.5 Å². The molecule has 1 aromatic heterocycles. The van der Waals surface area contributed by atoms with Crippen LogP contribution in [-0.4, -0.2) is 25.1 Å². The third-order valence-corrected chi connectivity index (χ3v) is 4.43. The average Bonchev–Trinajstić information content (AvgIpc) is 2.84. The van der Waals surface area contributed by atoms with E-state index < -0.39 is 5.91 Å². The minimum atomic E-state index is -0.491. The number of nitrogen functional groups attached to an aromatic ring is 1. The number of hydrogen-bond donors (Lipinski definition) is 2. The van der Waals surface area contributed by atoms with E-state index in [1.165, 1.54) is 11.3 Å². The molecule has 1 atom stereocenters. The topological polar surface area (TPSA) is 81.6 Å². The lowest BCUT2D eigenvalue weighted by molar-refractivity contribution is 0.100. The van der Waals surface area contributed by atoms with Crippen molar-refractivity contribution >= 4 is 27.9 Å². The number of rotatable bonds is 4. The van der Waals surface area contributed by atoms with E-state index in [-0.39, 0.29) is 6.10 Å². The van der Waals surface area contributed by atoms with Crippen molar-refractivity contribution in [2.24, 2.45) is 11.7 Å². The maximum absolute atomic E-state index is 11.4. The molecular formula is C13H21N3O2S. The van der Waals surface area contributed by atoms with E-state index in [9.17, 15) is 4.79 Å². The van der Waals surface area contributed by atoms with Gasteiger partial charge >= 0.3 is 0 Å². The van der Waals surface area contributed by atoms with Crippen LogP contribution in [-0.2, 0) is 0 Å². The molecule has 1 aliphatic heterocycles. The molecule has 0 spiro atoms. The van der Waals surface area contributed by atoms with Crippen molar-refractivity contribution < 1.29 is 9.53 Å². The Morgan fingerprint density at radius 3 is 2.68 bits per heavy atom. The van der Waals surface area contributed by atoms with Gasteiger partial charge in [-0.05, 0) is 26.2 Å². The Hall–Kier alpha value is -1.43. The number of hydrogen-bond acceptors (Lipinski definition) is 5. The fourth-order valence-electron chi connectivity index (χ4n) is 2.28. The summed E-state index contributed by atoms with van der Waals surface area (Å²) in [4.78, 5) is 14.1. The number of thiophene rings is 1. The Morgan fingerprint density at radius 2 is 2.21 bits per heavy atom. The van der Waals surface area contributed by atoms with Crippen LogP contribution in [0, 0.1) is 5.92 Å². The Bertz CT molecular complexity index is 484. The van der Waals surface area contributed by atoms with Crippen LogP contribution in [0.15, 0.2) is 0 Å². The number of carbonyl (C=O) groups excluding carboxylic acids is 1. The number of anilines is 2. The quantitative estimate of drug-likeness (QED) is 0.886. The zero-order valence-corrected chi connectivity index (χ0v) is 12.4. The van der Waals surface area contributed by atoms with Gasteiger partial charge in [0.05, 0.1) is 6.10 Å². The molecule has 0 bridgehead atoms. The summed E-state index contributed by atoms with van der Waals surface area (Å²) in [6.45, 7) is 8.03. The summed E-state index contributed by atoms with van der Waals surface area (Å²) in [6, 6.07) is 0. The SMILES string of the molecule is CC1CCN(c2sc(C(N)=O)c(N)c2OC(C)C)C1. The molecule has 1 aromatic rings. The maximum atomic E-state index is 11.4. The molecule has 19 heavy (non-hydrogen) atoms. The molecule has 5 nitrogen and oxygen atoms in total. The van der Waals surface area contributed by atoms with Gasteiger partial charge in [-0.3, -0.25) is 4.79 Å². The maximum Gasteiger partial charge on any atom is 0.261 e. The zero-order chi connectivity index (χ0) is 14.2. The van der Waals surface area contributed by atoms with Crippen LogP contribution in [0.2, 0.25) is 0 Å². The number of ether oxygens (including phenoxy) is 1. The molecule has 1 unspecified atom stereocenters. The predicted molar refractivity (Wildman–Crippen MR) is 79.0 cm³/mol. The summed E-state index contributed by atoms with van der Waals surface area (Å²) < 4.78 is 5.79. The van der Waals surface area contributed by atoms with E-state index in [4.69, 9.17) is 16.2 Å². The molecule has 0 aromatic carbocycles. The minimum Gasteiger partial charge on any atom is -0.486 e. The van der Waals surface area contributed by atoms with Gasteiger partial charge in [-0.15, -0.1) is 11.3 Å². The molecule has 0 aliphatic carbocycles. The average molecular weight is 283 g/mol. The van der Waals surface area contributed by atoms with Crippen molar-refractivity contribution in [1.29, 1.82) is 0 Å². The first-order valence-electron chi connectivity index (χ1n) is 6.53. The van der Waals surface area contributed by atoms with Crippen molar-refractivity contribution in [3.05, 3.63) is 4.88 Å². The van der Waals surface area contributed by atoms with Crippen molar-refractivity contribution in [3.8, 4) is 5.75 Å². The number of nitrogens with zero attached hydrogens (tertiary/aromatic N) is 1. The molecule has 1 amide bonds. The lowest BCUT2D eigenvalue weighted by atomic mass is 10.2. The first-order chi connectivity index (χ1) is 8.90. The Morgan fingerprint density at radius 1 is 1.53 bits per heavy atom. The van der Waals surface area contributed by atoms with E-state index in [2.05, 4.69) is 11.8 Å². The van der Waals surface area contributed by atoms with Crippen LogP contribution in [0.1, 0.15) is 36.9 Å². The van der Waals surface area contributed by atoms with Crippen LogP contribution in [0.5, 0.6) is 5.75 Å². The fraction of sp³-hybridized carbons (Fsp3) is 0.615. The first-order valence-corrected chi connectivity index (χ1v) is 7.35. The second-order valence-corrected chi connectivity index (χ2v) is 6.35. The molecule has 4 N–H and O–H groups in total. The molecular weight excluding hydrogens is 262 g/mol. The number of amides is 1. The Balaban J connectivity index is 2.40. The highest BCUT2D eigenvalue weighted by Gasteiger charge is 2.28. The fourth-order valence-corrected chi connectivity index (χ4v) is 3.32. The monoisotopic (exact) mass is 283 g/mol. The van der Waals surface area contributed by atoms with Gasteiger partial charge in [0.25, 0.3) is 5.91 Å². The van der Waals surface area contributed by atoms with Gasteiger partial charge in [0.1, 0.15) is 15.6 Å². The number of primary amides is 1. The van der Waals surface area contributed by atoms with Crippen LogP contribution < -0.4 is 21.1 Å². The molecule has 1 fully saturated rings. The molecule has 106 valence electrons. The van der Waals surface area contributed by atoms with E-state index in [1.54, 1.807) is 0 Å². The zero-order valence-electron chi connectivity index (χ0n) is 11.6. The lowest BCUT2D eigenvalue weighted by Gasteiger charge is -2.19. The number of nitrogens with two attached hydrogens (primary N) is 2. The summed E-state index contributed by atoms with van der Waals surface area (Å²) >= 11 is 1.34. The highest BCUT2D eigenvalue weighted by Crippen LogP contribution is 2.46. The summed E-state index contributed by atoms with van der Waals surface area (Å²) in [5.74, 6) is 0.768. The lowest BCUT2D eigenvalue weighted by Crippen LogP contribution is -2.19. The minimum absolute atomic E-state index is 0.0106. The van der Waals surface area contributed by atoms with Crippen molar-refractivity contribution in [3.63, 3.8) is 0 Å². The van der Waals surface area contributed by atoms with Crippen LogP contribution in [0.4, 0.5) is 10.7 Å². The largest absolute Gasteiger partial charge is 0.486 e. The molecule has 0 radical (unpaired) electrons. The van der Waals surface area contributed by atoms with E-state index >= 15 is 0 Å². The van der Waals surface area contributed by atoms with Gasteiger partial charge in [-0.1, -0.05) is 6.92 Å². The normalized spacial score (nSPS) is 19.2. The summed E-state index contributed by atoms with van der Waals surface area (Å²) in [6.07, 6.45) is 1.15. The Kier molecular flexibility index (Phi) is 3.89. The third-order valence-electron chi connectivity index (χ3n) is 3.17. The van der Waals surface area contributed by atoms with Crippen molar-refractivity contribution in [1.82, 2.24) is 0 Å². The molecule has 6 heteroatoms. The molecule has 0 saturated carbocycles. The third kappa shape index (κ3) is 2.78. The summed E-state index contributed by atoms with van der Waals surface area (Å²) in [5.41, 5.74) is 11.8. The van der Waals surface area contributed by atoms with Gasteiger partial charge in [-0.2, -0.15) is 0 Å². The Labute approximate surface area is 117 Å². The highest BCUT2D eigenvalue weighted by atomic mass is 32.1. The standard InChI is InChI=1S/C13H21N3O2S/c1-7(2)18-10-9(14)11(12(15)17)19-13(10)16-5-4-8(3)6-16/h7-8H,4-6,14H2,1-3H3,(H2,15,17). The first kappa shape index (κ1) is 14.0. The van der Waals surface area contributed by atoms with Crippen molar-refractivity contribution in [2.45, 2.75) is 33.3 Å².